The first-order valence-electron chi connectivity index (χ1n) is 14.3. The fraction of sp³-hybridized carbons (Fsp3) is 0.516. The number of hydrogen-bond acceptors (Lipinski definition) is 5. The number of guanidine groups is 1. The zero-order chi connectivity index (χ0) is 26.3. The minimum Gasteiger partial charge on any atom is -0.495 e. The second-order valence-electron chi connectivity index (χ2n) is 10.9. The fourth-order valence-electron chi connectivity index (χ4n) is 6.14. The van der Waals surface area contributed by atoms with Gasteiger partial charge in [-0.15, -0.1) is 0 Å². The highest BCUT2D eigenvalue weighted by Gasteiger charge is 2.25. The summed E-state index contributed by atoms with van der Waals surface area (Å²) in [5.41, 5.74) is 8.92. The smallest absolute Gasteiger partial charge is 0.193 e. The van der Waals surface area contributed by atoms with E-state index in [2.05, 4.69) is 21.9 Å². The van der Waals surface area contributed by atoms with Gasteiger partial charge >= 0.3 is 0 Å². The van der Waals surface area contributed by atoms with E-state index in [1.165, 1.54) is 76.8 Å². The molecular weight excluding hydrogens is 474 g/mol. The Labute approximate surface area is 227 Å². The Balaban J connectivity index is 1.15. The Morgan fingerprint density at radius 2 is 1.82 bits per heavy atom. The lowest BCUT2D eigenvalue weighted by Crippen LogP contribution is -2.50. The van der Waals surface area contributed by atoms with Gasteiger partial charge in [0.05, 0.1) is 19.3 Å². The summed E-state index contributed by atoms with van der Waals surface area (Å²) >= 11 is 0. The van der Waals surface area contributed by atoms with Crippen LogP contribution in [0.5, 0.6) is 5.75 Å². The number of fused-ring (bicyclic) bond motifs is 1. The number of methoxy groups -OCH3 is 1. The van der Waals surface area contributed by atoms with Crippen molar-refractivity contribution in [3.63, 3.8) is 0 Å². The first-order chi connectivity index (χ1) is 18.6. The molecule has 0 spiro atoms. The number of hydrogen-bond donors (Lipinski definition) is 2. The molecule has 0 amide bonds. The number of unbranched alkanes of at least 4 members (excludes halogenated alkanes) is 1. The third kappa shape index (κ3) is 6.51. The van der Waals surface area contributed by atoms with E-state index in [4.69, 9.17) is 20.3 Å². The number of piperazine rings is 1. The number of nitrogens with two attached hydrogens (primary N) is 1. The lowest BCUT2D eigenvalue weighted by atomic mass is 9.94. The van der Waals surface area contributed by atoms with Crippen molar-refractivity contribution in [1.82, 2.24) is 9.80 Å². The van der Waals surface area contributed by atoms with E-state index in [0.717, 1.165) is 41.3 Å². The molecule has 3 N–H and O–H groups in total. The predicted octanol–water partition coefficient (Wildman–Crippen LogP) is 5.61. The predicted molar refractivity (Wildman–Crippen MR) is 155 cm³/mol. The maximum Gasteiger partial charge on any atom is 0.193 e. The number of aryl methyl sites for hydroxylation is 1. The van der Waals surface area contributed by atoms with Gasteiger partial charge in [-0.1, -0.05) is 43.5 Å². The fourth-order valence-corrected chi connectivity index (χ4v) is 6.14. The molecule has 5 rings (SSSR count). The van der Waals surface area contributed by atoms with Crippen molar-refractivity contribution in [2.75, 3.05) is 44.7 Å². The van der Waals surface area contributed by atoms with Crippen LogP contribution in [0.1, 0.15) is 56.3 Å². The van der Waals surface area contributed by atoms with Crippen molar-refractivity contribution in [1.29, 1.82) is 5.41 Å². The Hall–Kier alpha value is -3.03. The first-order valence-corrected chi connectivity index (χ1v) is 14.3. The van der Waals surface area contributed by atoms with Crippen LogP contribution in [0.4, 0.5) is 5.69 Å². The van der Waals surface area contributed by atoms with E-state index in [9.17, 15) is 0 Å². The second-order valence-corrected chi connectivity index (χ2v) is 10.9. The number of furan rings is 1. The average molecular weight is 518 g/mol. The van der Waals surface area contributed by atoms with E-state index in [1.54, 1.807) is 12.0 Å². The van der Waals surface area contributed by atoms with Crippen LogP contribution in [0.3, 0.4) is 0 Å². The SMILES string of the molecule is COc1ccc(CCCCN2CCN(C3CCCCC3)CC2)cc1N(Cc1cc2ccccc2o1)C(=N)N. The molecule has 2 fully saturated rings. The summed E-state index contributed by atoms with van der Waals surface area (Å²) in [6.07, 6.45) is 10.4. The summed E-state index contributed by atoms with van der Waals surface area (Å²) in [7, 11) is 1.66. The first kappa shape index (κ1) is 26.6. The molecule has 0 atom stereocenters. The number of anilines is 1. The number of nitrogens with zero attached hydrogens (tertiary/aromatic N) is 3. The van der Waals surface area contributed by atoms with Gasteiger partial charge in [0.2, 0.25) is 0 Å². The van der Waals surface area contributed by atoms with E-state index < -0.39 is 0 Å². The van der Waals surface area contributed by atoms with Gasteiger partial charge in [0.1, 0.15) is 17.1 Å². The van der Waals surface area contributed by atoms with Gasteiger partial charge in [0.15, 0.2) is 5.96 Å². The van der Waals surface area contributed by atoms with Gasteiger partial charge in [-0.25, -0.2) is 0 Å². The van der Waals surface area contributed by atoms with Crippen LogP contribution in [-0.2, 0) is 13.0 Å². The minimum atomic E-state index is -0.0340. The third-order valence-electron chi connectivity index (χ3n) is 8.30. The van der Waals surface area contributed by atoms with Gasteiger partial charge in [-0.2, -0.15) is 0 Å². The van der Waals surface area contributed by atoms with Gasteiger partial charge in [0.25, 0.3) is 0 Å². The monoisotopic (exact) mass is 517 g/mol. The van der Waals surface area contributed by atoms with Crippen LogP contribution in [0.2, 0.25) is 0 Å². The third-order valence-corrected chi connectivity index (χ3v) is 8.30. The van der Waals surface area contributed by atoms with Crippen molar-refractivity contribution in [3.05, 3.63) is 59.9 Å². The molecular formula is C31H43N5O2. The molecule has 1 aromatic heterocycles. The van der Waals surface area contributed by atoms with Crippen LogP contribution in [0.15, 0.2) is 52.9 Å². The van der Waals surface area contributed by atoms with Crippen LogP contribution < -0.4 is 15.4 Å². The lowest BCUT2D eigenvalue weighted by molar-refractivity contribution is 0.0782. The van der Waals surface area contributed by atoms with Crippen molar-refractivity contribution in [3.8, 4) is 5.75 Å². The summed E-state index contributed by atoms with van der Waals surface area (Å²) in [5, 5.41) is 9.32. The number of benzene rings is 2. The highest BCUT2D eigenvalue weighted by atomic mass is 16.5. The molecule has 2 heterocycles. The Morgan fingerprint density at radius 1 is 1.03 bits per heavy atom. The second kappa shape index (κ2) is 12.7. The van der Waals surface area contributed by atoms with Crippen LogP contribution in [-0.4, -0.2) is 61.6 Å². The molecule has 7 nitrogen and oxygen atoms in total. The van der Waals surface area contributed by atoms with Crippen molar-refractivity contribution < 1.29 is 9.15 Å². The zero-order valence-electron chi connectivity index (χ0n) is 22.8. The van der Waals surface area contributed by atoms with Crippen molar-refractivity contribution in [2.24, 2.45) is 5.73 Å². The number of rotatable bonds is 10. The summed E-state index contributed by atoms with van der Waals surface area (Å²) in [6, 6.07) is 17.0. The normalized spacial score (nSPS) is 17.6. The Bertz CT molecular complexity index is 1160. The van der Waals surface area contributed by atoms with E-state index >= 15 is 0 Å². The number of nitrogens with one attached hydrogen (secondary N) is 1. The highest BCUT2D eigenvalue weighted by molar-refractivity contribution is 5.94. The topological polar surface area (TPSA) is 82.0 Å². The van der Waals surface area contributed by atoms with Crippen LogP contribution >= 0.6 is 0 Å². The molecule has 38 heavy (non-hydrogen) atoms. The van der Waals surface area contributed by atoms with Crippen LogP contribution in [0, 0.1) is 5.41 Å². The summed E-state index contributed by atoms with van der Waals surface area (Å²) in [4.78, 5) is 7.15. The minimum absolute atomic E-state index is 0.0340. The summed E-state index contributed by atoms with van der Waals surface area (Å²) in [6.45, 7) is 6.43. The molecule has 0 unspecified atom stereocenters. The molecule has 1 aliphatic heterocycles. The molecule has 2 aliphatic rings. The van der Waals surface area contributed by atoms with Gasteiger partial charge < -0.3 is 24.7 Å². The maximum absolute atomic E-state index is 8.27. The van der Waals surface area contributed by atoms with Crippen molar-refractivity contribution >= 4 is 22.6 Å². The summed E-state index contributed by atoms with van der Waals surface area (Å²) in [5.74, 6) is 1.43. The molecule has 2 aromatic carbocycles. The van der Waals surface area contributed by atoms with E-state index in [1.807, 2.05) is 36.4 Å². The standard InChI is InChI=1S/C31H43N5O2/c1-37-30-15-14-24(9-7-8-16-34-17-19-35(20-18-34)26-11-3-2-4-12-26)21-28(30)36(31(32)33)23-27-22-25-10-5-6-13-29(25)38-27/h5-6,10,13-15,21-22,26H,2-4,7-9,11-12,16-20,23H2,1H3,(H3,32,33). The molecule has 1 saturated carbocycles. The number of para-hydroxylation sites is 1. The Kier molecular flexibility index (Phi) is 8.86. The quantitative estimate of drug-likeness (QED) is 0.207. The lowest BCUT2D eigenvalue weighted by Gasteiger charge is -2.40. The average Bonchev–Trinajstić information content (AvgIpc) is 3.37. The zero-order valence-corrected chi connectivity index (χ0v) is 22.8. The van der Waals surface area contributed by atoms with Gasteiger partial charge in [-0.05, 0) is 68.5 Å². The van der Waals surface area contributed by atoms with Gasteiger partial charge in [0, 0.05) is 37.6 Å². The molecule has 204 valence electrons. The number of ether oxygens (including phenoxy) is 1. The molecule has 0 bridgehead atoms. The molecule has 1 aliphatic carbocycles. The van der Waals surface area contributed by atoms with E-state index in [-0.39, 0.29) is 5.96 Å². The van der Waals surface area contributed by atoms with Gasteiger partial charge in [-0.3, -0.25) is 10.3 Å². The van der Waals surface area contributed by atoms with Crippen molar-refractivity contribution in [2.45, 2.75) is 64.0 Å². The van der Waals surface area contributed by atoms with Crippen LogP contribution in [0.25, 0.3) is 11.0 Å². The van der Waals surface area contributed by atoms with E-state index in [0.29, 0.717) is 12.3 Å². The maximum atomic E-state index is 8.27. The summed E-state index contributed by atoms with van der Waals surface area (Å²) < 4.78 is 11.7. The molecule has 0 radical (unpaired) electrons. The molecule has 7 heteroatoms. The molecule has 3 aromatic rings. The molecule has 1 saturated heterocycles. The highest BCUT2D eigenvalue weighted by Crippen LogP contribution is 2.32. The largest absolute Gasteiger partial charge is 0.495 e. The Morgan fingerprint density at radius 3 is 2.55 bits per heavy atom.